The number of thiocarbonyl (C=S) groups is 1. The van der Waals surface area contributed by atoms with E-state index in [2.05, 4.69) is 42.9 Å². The lowest BCUT2D eigenvalue weighted by atomic mass is 9.82. The molecule has 0 aliphatic heterocycles. The third-order valence-electron chi connectivity index (χ3n) is 3.62. The number of benzene rings is 1. The van der Waals surface area contributed by atoms with Crippen LogP contribution in [0.25, 0.3) is 0 Å². The van der Waals surface area contributed by atoms with Gasteiger partial charge in [-0.1, -0.05) is 45.1 Å². The largest absolute Gasteiger partial charge is 0.438 e. The van der Waals surface area contributed by atoms with Gasteiger partial charge in [0.15, 0.2) is 0 Å². The van der Waals surface area contributed by atoms with Crippen LogP contribution >= 0.6 is 12.2 Å². The van der Waals surface area contributed by atoms with E-state index in [1.165, 1.54) is 18.0 Å². The van der Waals surface area contributed by atoms with Crippen molar-refractivity contribution < 1.29 is 4.74 Å². The van der Waals surface area contributed by atoms with Crippen molar-refractivity contribution in [3.8, 4) is 11.6 Å². The molecular formula is C16H19N3OS. The minimum Gasteiger partial charge on any atom is -0.438 e. The van der Waals surface area contributed by atoms with E-state index in [0.717, 1.165) is 12.2 Å². The van der Waals surface area contributed by atoms with Gasteiger partial charge in [0.25, 0.3) is 0 Å². The summed E-state index contributed by atoms with van der Waals surface area (Å²) in [5.74, 6) is 1.14. The lowest BCUT2D eigenvalue weighted by Gasteiger charge is -2.23. The number of aromatic nitrogens is 2. The highest BCUT2D eigenvalue weighted by Gasteiger charge is 2.17. The zero-order chi connectivity index (χ0) is 15.5. The molecular weight excluding hydrogens is 282 g/mol. The summed E-state index contributed by atoms with van der Waals surface area (Å²) in [5.41, 5.74) is 7.41. The summed E-state index contributed by atoms with van der Waals surface area (Å²) in [5, 5.41) is 0. The fourth-order valence-corrected chi connectivity index (χ4v) is 1.90. The molecule has 0 aliphatic rings. The average Bonchev–Trinajstić information content (AvgIpc) is 2.48. The molecule has 21 heavy (non-hydrogen) atoms. The first-order chi connectivity index (χ1) is 9.92. The minimum absolute atomic E-state index is 0.163. The van der Waals surface area contributed by atoms with Crippen LogP contribution in [0.5, 0.6) is 11.6 Å². The summed E-state index contributed by atoms with van der Waals surface area (Å²) < 4.78 is 5.66. The second kappa shape index (κ2) is 6.18. The van der Waals surface area contributed by atoms with Crippen molar-refractivity contribution >= 4 is 17.2 Å². The molecule has 0 fully saturated rings. The molecule has 0 radical (unpaired) electrons. The number of nitrogens with zero attached hydrogens (tertiary/aromatic N) is 2. The van der Waals surface area contributed by atoms with Crippen molar-refractivity contribution in [1.29, 1.82) is 0 Å². The predicted octanol–water partition coefficient (Wildman–Crippen LogP) is 3.59. The van der Waals surface area contributed by atoms with Crippen molar-refractivity contribution in [1.82, 2.24) is 9.97 Å². The Hall–Kier alpha value is -2.01. The fraction of sp³-hybridized carbons (Fsp3) is 0.312. The molecule has 1 aromatic carbocycles. The summed E-state index contributed by atoms with van der Waals surface area (Å²) in [7, 11) is 0. The summed E-state index contributed by atoms with van der Waals surface area (Å²) in [6.07, 6.45) is 4.10. The molecule has 0 saturated carbocycles. The van der Waals surface area contributed by atoms with Crippen LogP contribution in [0.2, 0.25) is 0 Å². The van der Waals surface area contributed by atoms with Crippen LogP contribution < -0.4 is 10.5 Å². The van der Waals surface area contributed by atoms with Gasteiger partial charge < -0.3 is 10.5 Å². The van der Waals surface area contributed by atoms with Crippen molar-refractivity contribution in [2.75, 3.05) is 0 Å². The molecule has 4 nitrogen and oxygen atoms in total. The molecule has 2 N–H and O–H groups in total. The van der Waals surface area contributed by atoms with E-state index in [4.69, 9.17) is 22.7 Å². The first-order valence-electron chi connectivity index (χ1n) is 6.82. The molecule has 0 atom stereocenters. The van der Waals surface area contributed by atoms with Gasteiger partial charge in [-0.05, 0) is 29.5 Å². The Morgan fingerprint density at radius 1 is 1.19 bits per heavy atom. The van der Waals surface area contributed by atoms with Crippen molar-refractivity contribution in [3.05, 3.63) is 47.9 Å². The Labute approximate surface area is 130 Å². The van der Waals surface area contributed by atoms with Crippen LogP contribution in [0.15, 0.2) is 36.7 Å². The van der Waals surface area contributed by atoms with Crippen LogP contribution in [0, 0.1) is 0 Å². The van der Waals surface area contributed by atoms with E-state index < -0.39 is 0 Å². The van der Waals surface area contributed by atoms with Gasteiger partial charge in [0.2, 0.25) is 5.88 Å². The quantitative estimate of drug-likeness (QED) is 0.855. The van der Waals surface area contributed by atoms with Crippen LogP contribution in [0.4, 0.5) is 0 Å². The van der Waals surface area contributed by atoms with Gasteiger partial charge in [-0.15, -0.1) is 0 Å². The van der Waals surface area contributed by atoms with E-state index in [-0.39, 0.29) is 10.4 Å². The molecule has 0 spiro atoms. The van der Waals surface area contributed by atoms with Gasteiger partial charge >= 0.3 is 0 Å². The van der Waals surface area contributed by atoms with Crippen LogP contribution in [0.1, 0.15) is 38.4 Å². The standard InChI is InChI=1S/C16H19N3OS/c1-4-16(2,3)11-5-7-12(8-6-11)20-14-10-18-13(9-19-14)15(17)21/h5-10H,4H2,1-3H3,(H2,17,21). The molecule has 2 aromatic rings. The molecule has 0 bridgehead atoms. The zero-order valence-electron chi connectivity index (χ0n) is 12.5. The third kappa shape index (κ3) is 3.76. The highest BCUT2D eigenvalue weighted by Crippen LogP contribution is 2.29. The lowest BCUT2D eigenvalue weighted by molar-refractivity contribution is 0.457. The van der Waals surface area contributed by atoms with Gasteiger partial charge in [0, 0.05) is 0 Å². The van der Waals surface area contributed by atoms with E-state index in [1.807, 2.05) is 12.1 Å². The molecule has 0 amide bonds. The number of hydrogen-bond acceptors (Lipinski definition) is 4. The first kappa shape index (κ1) is 15.4. The molecule has 0 unspecified atom stereocenters. The Morgan fingerprint density at radius 3 is 2.33 bits per heavy atom. The van der Waals surface area contributed by atoms with Crippen LogP contribution in [-0.2, 0) is 5.41 Å². The normalized spacial score (nSPS) is 11.2. The molecule has 0 aliphatic carbocycles. The van der Waals surface area contributed by atoms with Crippen LogP contribution in [-0.4, -0.2) is 15.0 Å². The van der Waals surface area contributed by atoms with Crippen LogP contribution in [0.3, 0.4) is 0 Å². The Kier molecular flexibility index (Phi) is 4.53. The molecule has 110 valence electrons. The topological polar surface area (TPSA) is 61.0 Å². The summed E-state index contributed by atoms with van der Waals surface area (Å²) in [4.78, 5) is 8.44. The smallest absolute Gasteiger partial charge is 0.237 e. The van der Waals surface area contributed by atoms with Gasteiger partial charge in [0.05, 0.1) is 12.4 Å². The SMILES string of the molecule is CCC(C)(C)c1ccc(Oc2cnc(C(N)=S)cn2)cc1. The van der Waals surface area contributed by atoms with Gasteiger partial charge in [0.1, 0.15) is 16.4 Å². The van der Waals surface area contributed by atoms with Gasteiger partial charge in [-0.3, -0.25) is 0 Å². The number of nitrogens with two attached hydrogens (primary N) is 1. The predicted molar refractivity (Wildman–Crippen MR) is 87.8 cm³/mol. The number of hydrogen-bond donors (Lipinski definition) is 1. The maximum Gasteiger partial charge on any atom is 0.237 e. The van der Waals surface area contributed by atoms with E-state index in [9.17, 15) is 0 Å². The van der Waals surface area contributed by atoms with Crippen molar-refractivity contribution in [3.63, 3.8) is 0 Å². The molecule has 5 heteroatoms. The number of rotatable bonds is 5. The Morgan fingerprint density at radius 2 is 1.86 bits per heavy atom. The average molecular weight is 301 g/mol. The van der Waals surface area contributed by atoms with E-state index >= 15 is 0 Å². The van der Waals surface area contributed by atoms with Gasteiger partial charge in [-0.25, -0.2) is 9.97 Å². The summed E-state index contributed by atoms with van der Waals surface area (Å²) >= 11 is 4.83. The molecule has 1 aromatic heterocycles. The van der Waals surface area contributed by atoms with Gasteiger partial charge in [-0.2, -0.15) is 0 Å². The Balaban J connectivity index is 2.11. The summed E-state index contributed by atoms with van der Waals surface area (Å²) in [6.45, 7) is 6.63. The highest BCUT2D eigenvalue weighted by molar-refractivity contribution is 7.80. The molecule has 0 saturated heterocycles. The summed E-state index contributed by atoms with van der Waals surface area (Å²) in [6, 6.07) is 8.04. The van der Waals surface area contributed by atoms with Crippen molar-refractivity contribution in [2.24, 2.45) is 5.73 Å². The Bertz CT molecular complexity index is 621. The molecule has 2 rings (SSSR count). The monoisotopic (exact) mass is 301 g/mol. The third-order valence-corrected chi connectivity index (χ3v) is 3.83. The maximum atomic E-state index is 5.66. The lowest BCUT2D eigenvalue weighted by Crippen LogP contribution is -2.14. The van der Waals surface area contributed by atoms with E-state index in [0.29, 0.717) is 11.6 Å². The van der Waals surface area contributed by atoms with Crippen molar-refractivity contribution in [2.45, 2.75) is 32.6 Å². The minimum atomic E-state index is 0.163. The zero-order valence-corrected chi connectivity index (χ0v) is 13.3. The second-order valence-electron chi connectivity index (χ2n) is 5.47. The van der Waals surface area contributed by atoms with E-state index in [1.54, 1.807) is 0 Å². The molecule has 1 heterocycles. The maximum absolute atomic E-state index is 5.66. The fourth-order valence-electron chi connectivity index (χ4n) is 1.80. The second-order valence-corrected chi connectivity index (χ2v) is 5.91. The number of ether oxygens (including phenoxy) is 1. The highest BCUT2D eigenvalue weighted by atomic mass is 32.1. The first-order valence-corrected chi connectivity index (χ1v) is 7.23.